The standard InChI is InChI=1S/C36H54O10/c1-31(2)21-8-11-36(7)27(34(21,5)10-9-22(31)45-29-25(40)23(38)24(39)26(46-29)28(41)42)20(37)16-18-19-17-33(4,30(43)44)13-12-32(19,3)14-15-35(18,36)6/h16,19,21-27,29,38-40H,8-15,17H2,1-7H3,(H,41,42)(H,43,44)/t19-,21-,22-,23?,24?,25?,26?,27+,29?,32+,33-,34-,35+,36+/m0/s1. The fraction of sp³-hybridized carbons (Fsp3) is 0.861. The second-order valence-electron chi connectivity index (χ2n) is 17.8. The van der Waals surface area contributed by atoms with E-state index in [1.165, 1.54) is 5.57 Å². The molecular weight excluding hydrogens is 592 g/mol. The van der Waals surface area contributed by atoms with E-state index >= 15 is 0 Å². The zero-order valence-corrected chi connectivity index (χ0v) is 28.4. The zero-order chi connectivity index (χ0) is 34.0. The van der Waals surface area contributed by atoms with Gasteiger partial charge >= 0.3 is 11.9 Å². The lowest BCUT2D eigenvalue weighted by atomic mass is 9.33. The number of fused-ring (bicyclic) bond motifs is 7. The molecule has 0 spiro atoms. The summed E-state index contributed by atoms with van der Waals surface area (Å²) in [5.74, 6) is -2.15. The van der Waals surface area contributed by atoms with Gasteiger partial charge in [0.25, 0.3) is 0 Å². The number of hydrogen-bond donors (Lipinski definition) is 5. The van der Waals surface area contributed by atoms with Crippen LogP contribution in [0, 0.1) is 50.2 Å². The fourth-order valence-corrected chi connectivity index (χ4v) is 11.9. The van der Waals surface area contributed by atoms with Crippen molar-refractivity contribution in [3.8, 4) is 0 Å². The van der Waals surface area contributed by atoms with Crippen LogP contribution in [0.25, 0.3) is 0 Å². The first-order chi connectivity index (χ1) is 21.2. The van der Waals surface area contributed by atoms with E-state index in [1.54, 1.807) is 0 Å². The summed E-state index contributed by atoms with van der Waals surface area (Å²) in [7, 11) is 0. The van der Waals surface area contributed by atoms with Gasteiger partial charge in [-0.1, -0.05) is 47.1 Å². The van der Waals surface area contributed by atoms with Crippen LogP contribution in [0.4, 0.5) is 0 Å². The first kappa shape index (κ1) is 34.0. The number of carboxylic acid groups (broad SMARTS) is 2. The van der Waals surface area contributed by atoms with Crippen LogP contribution in [-0.2, 0) is 23.9 Å². The molecule has 6 aliphatic rings. The van der Waals surface area contributed by atoms with Gasteiger partial charge in [-0.2, -0.15) is 0 Å². The van der Waals surface area contributed by atoms with E-state index in [2.05, 4.69) is 41.5 Å². The minimum Gasteiger partial charge on any atom is -0.481 e. The van der Waals surface area contributed by atoms with E-state index in [0.717, 1.165) is 32.1 Å². The molecule has 0 aromatic rings. The van der Waals surface area contributed by atoms with Crippen molar-refractivity contribution in [2.75, 3.05) is 0 Å². The molecule has 10 heteroatoms. The predicted molar refractivity (Wildman–Crippen MR) is 166 cm³/mol. The highest BCUT2D eigenvalue weighted by atomic mass is 16.7. The van der Waals surface area contributed by atoms with Gasteiger partial charge in [0, 0.05) is 5.92 Å². The molecule has 5 fully saturated rings. The Labute approximate surface area is 271 Å². The zero-order valence-electron chi connectivity index (χ0n) is 28.4. The molecular formula is C36H54O10. The molecule has 0 radical (unpaired) electrons. The van der Waals surface area contributed by atoms with Gasteiger partial charge in [-0.3, -0.25) is 9.59 Å². The van der Waals surface area contributed by atoms with Crippen molar-refractivity contribution in [1.29, 1.82) is 0 Å². The molecule has 258 valence electrons. The number of carboxylic acids is 2. The molecule has 0 aromatic heterocycles. The fourth-order valence-electron chi connectivity index (χ4n) is 11.9. The van der Waals surface area contributed by atoms with Crippen molar-refractivity contribution in [3.05, 3.63) is 11.6 Å². The predicted octanol–water partition coefficient (Wildman–Crippen LogP) is 4.33. The second kappa shape index (κ2) is 10.6. The Morgan fingerprint density at radius 1 is 0.848 bits per heavy atom. The van der Waals surface area contributed by atoms with Crippen LogP contribution in [0.2, 0.25) is 0 Å². The highest BCUT2D eigenvalue weighted by molar-refractivity contribution is 5.95. The number of hydrogen-bond acceptors (Lipinski definition) is 8. The van der Waals surface area contributed by atoms with Gasteiger partial charge in [0.05, 0.1) is 11.5 Å². The molecule has 4 saturated carbocycles. The number of aliphatic carboxylic acids is 2. The Balaban J connectivity index is 1.31. The third kappa shape index (κ3) is 4.49. The van der Waals surface area contributed by atoms with Crippen LogP contribution >= 0.6 is 0 Å². The lowest BCUT2D eigenvalue weighted by Gasteiger charge is -2.70. The third-order valence-electron chi connectivity index (χ3n) is 15.1. The molecule has 10 nitrogen and oxygen atoms in total. The summed E-state index contributed by atoms with van der Waals surface area (Å²) in [5.41, 5.74) is -1.03. The van der Waals surface area contributed by atoms with Crippen molar-refractivity contribution >= 4 is 17.7 Å². The highest BCUT2D eigenvalue weighted by Gasteiger charge is 2.70. The topological polar surface area (TPSA) is 171 Å². The number of carbonyl (C=O) groups is 3. The SMILES string of the molecule is CC1(C)[C@@H](OC2OC(C(=O)O)C(O)C(O)C2O)CC[C@]2(C)[C@H]3C(=O)C=C4[C@@H]5C[C@@](C)(C(=O)O)CC[C@]5(C)CC[C@@]4(C)[C@]3(C)CC[C@@H]12. The average molecular weight is 647 g/mol. The molecule has 1 aliphatic heterocycles. The summed E-state index contributed by atoms with van der Waals surface area (Å²) in [6.07, 6.45) is 0.183. The Bertz CT molecular complexity index is 1340. The maximum Gasteiger partial charge on any atom is 0.335 e. The number of aliphatic hydroxyl groups excluding tert-OH is 3. The molecule has 5 N–H and O–H groups in total. The maximum absolute atomic E-state index is 14.6. The molecule has 14 atom stereocenters. The molecule has 6 rings (SSSR count). The third-order valence-corrected chi connectivity index (χ3v) is 15.1. The molecule has 5 aliphatic carbocycles. The molecule has 0 amide bonds. The molecule has 5 unspecified atom stereocenters. The van der Waals surface area contributed by atoms with Crippen LogP contribution in [0.1, 0.15) is 106 Å². The van der Waals surface area contributed by atoms with Crippen LogP contribution in [0.15, 0.2) is 11.6 Å². The van der Waals surface area contributed by atoms with Crippen LogP contribution in [0.5, 0.6) is 0 Å². The van der Waals surface area contributed by atoms with E-state index in [4.69, 9.17) is 9.47 Å². The van der Waals surface area contributed by atoms with E-state index in [-0.39, 0.29) is 45.2 Å². The largest absolute Gasteiger partial charge is 0.481 e. The molecule has 46 heavy (non-hydrogen) atoms. The molecule has 0 bridgehead atoms. The first-order valence-corrected chi connectivity index (χ1v) is 17.2. The van der Waals surface area contributed by atoms with Crippen molar-refractivity contribution < 1.29 is 49.4 Å². The lowest BCUT2D eigenvalue weighted by molar-refractivity contribution is -0.323. The number of ketones is 1. The van der Waals surface area contributed by atoms with Crippen molar-refractivity contribution in [2.45, 2.75) is 143 Å². The van der Waals surface area contributed by atoms with E-state index in [0.29, 0.717) is 25.7 Å². The Kier molecular flexibility index (Phi) is 7.82. The lowest BCUT2D eigenvalue weighted by Crippen LogP contribution is -2.67. The van der Waals surface area contributed by atoms with E-state index in [9.17, 15) is 39.9 Å². The minimum atomic E-state index is -1.79. The molecule has 0 aromatic carbocycles. The molecule has 1 saturated heterocycles. The molecule has 1 heterocycles. The maximum atomic E-state index is 14.6. The summed E-state index contributed by atoms with van der Waals surface area (Å²) < 4.78 is 11.8. The minimum absolute atomic E-state index is 0.0166. The Morgan fingerprint density at radius 2 is 1.50 bits per heavy atom. The van der Waals surface area contributed by atoms with Crippen LogP contribution in [-0.4, -0.2) is 80.1 Å². The average Bonchev–Trinajstić information content (AvgIpc) is 2.96. The van der Waals surface area contributed by atoms with E-state index < -0.39 is 59.6 Å². The summed E-state index contributed by atoms with van der Waals surface area (Å²) in [6, 6.07) is 0. The van der Waals surface area contributed by atoms with Crippen molar-refractivity contribution in [1.82, 2.24) is 0 Å². The van der Waals surface area contributed by atoms with Gasteiger partial charge in [0.1, 0.15) is 18.3 Å². The summed E-state index contributed by atoms with van der Waals surface area (Å²) >= 11 is 0. The van der Waals surface area contributed by atoms with Crippen LogP contribution < -0.4 is 0 Å². The van der Waals surface area contributed by atoms with Crippen molar-refractivity contribution in [2.24, 2.45) is 50.2 Å². The van der Waals surface area contributed by atoms with E-state index in [1.807, 2.05) is 13.0 Å². The number of allylic oxidation sites excluding steroid dienone is 2. The first-order valence-electron chi connectivity index (χ1n) is 17.2. The number of aliphatic hydroxyl groups is 3. The van der Waals surface area contributed by atoms with Gasteiger partial charge in [0.15, 0.2) is 18.2 Å². The second-order valence-corrected chi connectivity index (χ2v) is 17.8. The normalized spacial score (nSPS) is 53.1. The highest BCUT2D eigenvalue weighted by Crippen LogP contribution is 2.75. The van der Waals surface area contributed by atoms with Gasteiger partial charge in [0.2, 0.25) is 0 Å². The van der Waals surface area contributed by atoms with Gasteiger partial charge in [-0.05, 0) is 110 Å². The number of carbonyl (C=O) groups excluding carboxylic acids is 1. The number of rotatable bonds is 4. The Hall–Kier alpha value is -1.85. The summed E-state index contributed by atoms with van der Waals surface area (Å²) in [5, 5.41) is 50.9. The number of ether oxygens (including phenoxy) is 2. The van der Waals surface area contributed by atoms with Gasteiger partial charge in [-0.25, -0.2) is 4.79 Å². The van der Waals surface area contributed by atoms with Gasteiger partial charge in [-0.15, -0.1) is 0 Å². The van der Waals surface area contributed by atoms with Crippen LogP contribution in [0.3, 0.4) is 0 Å². The Morgan fingerprint density at radius 3 is 2.13 bits per heavy atom. The van der Waals surface area contributed by atoms with Gasteiger partial charge < -0.3 is 35.0 Å². The summed E-state index contributed by atoms with van der Waals surface area (Å²) in [4.78, 5) is 38.7. The van der Waals surface area contributed by atoms with Crippen molar-refractivity contribution in [3.63, 3.8) is 0 Å². The summed E-state index contributed by atoms with van der Waals surface area (Å²) in [6.45, 7) is 15.3. The quantitative estimate of drug-likeness (QED) is 0.277. The smallest absolute Gasteiger partial charge is 0.335 e. The monoisotopic (exact) mass is 646 g/mol.